The molecular weight excluding hydrogens is 458 g/mol. The number of carbonyl (C=O) groups excluding carboxylic acids is 1. The molecule has 0 saturated heterocycles. The number of allylic oxidation sites excluding steroid dienone is 1. The van der Waals surface area contributed by atoms with Gasteiger partial charge in [-0.2, -0.15) is 5.26 Å². The Morgan fingerprint density at radius 3 is 2.42 bits per heavy atom. The van der Waals surface area contributed by atoms with E-state index in [-0.39, 0.29) is 24.4 Å². The summed E-state index contributed by atoms with van der Waals surface area (Å²) in [6.07, 6.45) is 3.77. The number of nitro groups is 1. The molecule has 182 valence electrons. The van der Waals surface area contributed by atoms with Crippen LogP contribution in [-0.2, 0) is 24.4 Å². The summed E-state index contributed by atoms with van der Waals surface area (Å²) in [6.45, 7) is 4.29. The third-order valence-electron chi connectivity index (χ3n) is 5.28. The molecule has 36 heavy (non-hydrogen) atoms. The Hall–Kier alpha value is -4.90. The van der Waals surface area contributed by atoms with E-state index in [1.807, 2.05) is 24.3 Å². The summed E-state index contributed by atoms with van der Waals surface area (Å²) < 4.78 is 11.0. The standard InChI is InChI=1S/C28H25N3O5/c1-3-4-23-15-22(9-14-27(23)36-19-21-5-10-25(11-6-21)31(33)34)16-24(17-29)28(32)30-18-20-7-12-26(35-2)13-8-20/h3,5-16H,1,4,18-19H2,2H3,(H,30,32)/b24-16-. The van der Waals surface area contributed by atoms with E-state index >= 15 is 0 Å². The molecule has 1 amide bonds. The number of rotatable bonds is 11. The van der Waals surface area contributed by atoms with Crippen molar-refractivity contribution >= 4 is 17.7 Å². The van der Waals surface area contributed by atoms with E-state index in [4.69, 9.17) is 9.47 Å². The normalized spacial score (nSPS) is 10.7. The van der Waals surface area contributed by atoms with E-state index < -0.39 is 10.8 Å². The molecule has 0 aliphatic carbocycles. The molecule has 1 N–H and O–H groups in total. The molecule has 3 aromatic carbocycles. The van der Waals surface area contributed by atoms with Gasteiger partial charge in [0, 0.05) is 18.7 Å². The summed E-state index contributed by atoms with van der Waals surface area (Å²) in [5.74, 6) is 0.864. The molecule has 0 radical (unpaired) electrons. The van der Waals surface area contributed by atoms with Crippen molar-refractivity contribution in [3.8, 4) is 17.6 Å². The van der Waals surface area contributed by atoms with Crippen LogP contribution in [0.4, 0.5) is 5.69 Å². The topological polar surface area (TPSA) is 114 Å². The van der Waals surface area contributed by atoms with Crippen molar-refractivity contribution in [3.63, 3.8) is 0 Å². The number of nitrogens with zero attached hydrogens (tertiary/aromatic N) is 2. The van der Waals surface area contributed by atoms with Crippen LogP contribution in [0.3, 0.4) is 0 Å². The first-order chi connectivity index (χ1) is 17.4. The minimum absolute atomic E-state index is 0.0172. The van der Waals surface area contributed by atoms with Gasteiger partial charge in [-0.15, -0.1) is 6.58 Å². The van der Waals surface area contributed by atoms with Gasteiger partial charge in [0.15, 0.2) is 0 Å². The zero-order valence-corrected chi connectivity index (χ0v) is 19.8. The van der Waals surface area contributed by atoms with Gasteiger partial charge in [0.1, 0.15) is 29.7 Å². The van der Waals surface area contributed by atoms with Crippen molar-refractivity contribution in [1.29, 1.82) is 5.26 Å². The lowest BCUT2D eigenvalue weighted by molar-refractivity contribution is -0.384. The fourth-order valence-corrected chi connectivity index (χ4v) is 3.36. The first-order valence-corrected chi connectivity index (χ1v) is 11.1. The lowest BCUT2D eigenvalue weighted by Gasteiger charge is -2.12. The quantitative estimate of drug-likeness (QED) is 0.133. The number of nitrogens with one attached hydrogen (secondary N) is 1. The number of ether oxygens (including phenoxy) is 2. The molecular formula is C28H25N3O5. The Morgan fingerprint density at radius 1 is 1.11 bits per heavy atom. The van der Waals surface area contributed by atoms with E-state index in [1.165, 1.54) is 18.2 Å². The van der Waals surface area contributed by atoms with E-state index in [0.717, 1.165) is 22.4 Å². The Balaban J connectivity index is 1.69. The van der Waals surface area contributed by atoms with E-state index in [9.17, 15) is 20.2 Å². The highest BCUT2D eigenvalue weighted by atomic mass is 16.6. The number of nitriles is 1. The highest BCUT2D eigenvalue weighted by Gasteiger charge is 2.11. The molecule has 0 saturated carbocycles. The fourth-order valence-electron chi connectivity index (χ4n) is 3.36. The number of methoxy groups -OCH3 is 1. The number of hydrogen-bond acceptors (Lipinski definition) is 6. The summed E-state index contributed by atoms with van der Waals surface area (Å²) in [5.41, 5.74) is 3.16. The average molecular weight is 484 g/mol. The third-order valence-corrected chi connectivity index (χ3v) is 5.28. The first kappa shape index (κ1) is 25.7. The summed E-state index contributed by atoms with van der Waals surface area (Å²) >= 11 is 0. The van der Waals surface area contributed by atoms with Crippen LogP contribution < -0.4 is 14.8 Å². The van der Waals surface area contributed by atoms with Crippen LogP contribution in [0.25, 0.3) is 6.08 Å². The predicted octanol–water partition coefficient (Wildman–Crippen LogP) is 5.13. The molecule has 8 nitrogen and oxygen atoms in total. The largest absolute Gasteiger partial charge is 0.497 e. The highest BCUT2D eigenvalue weighted by Crippen LogP contribution is 2.24. The van der Waals surface area contributed by atoms with Crippen molar-refractivity contribution in [1.82, 2.24) is 5.32 Å². The first-order valence-electron chi connectivity index (χ1n) is 11.1. The second-order valence-corrected chi connectivity index (χ2v) is 7.77. The Bertz CT molecular complexity index is 1310. The molecule has 0 aromatic heterocycles. The van der Waals surface area contributed by atoms with E-state index in [1.54, 1.807) is 49.6 Å². The number of benzene rings is 3. The second-order valence-electron chi connectivity index (χ2n) is 7.77. The van der Waals surface area contributed by atoms with Crippen LogP contribution in [0, 0.1) is 21.4 Å². The lowest BCUT2D eigenvalue weighted by atomic mass is 10.0. The van der Waals surface area contributed by atoms with Gasteiger partial charge in [-0.25, -0.2) is 0 Å². The average Bonchev–Trinajstić information content (AvgIpc) is 2.90. The molecule has 0 bridgehead atoms. The van der Waals surface area contributed by atoms with Crippen LogP contribution in [0.5, 0.6) is 11.5 Å². The maximum absolute atomic E-state index is 12.6. The van der Waals surface area contributed by atoms with Gasteiger partial charge in [0.2, 0.25) is 0 Å². The molecule has 8 heteroatoms. The zero-order valence-electron chi connectivity index (χ0n) is 19.8. The van der Waals surface area contributed by atoms with E-state index in [2.05, 4.69) is 11.9 Å². The minimum atomic E-state index is -0.475. The zero-order chi connectivity index (χ0) is 25.9. The van der Waals surface area contributed by atoms with Gasteiger partial charge in [-0.05, 0) is 71.1 Å². The third kappa shape index (κ3) is 7.05. The smallest absolute Gasteiger partial charge is 0.269 e. The summed E-state index contributed by atoms with van der Waals surface area (Å²) in [7, 11) is 1.58. The predicted molar refractivity (Wildman–Crippen MR) is 136 cm³/mol. The summed E-state index contributed by atoms with van der Waals surface area (Å²) in [5, 5.41) is 23.1. The molecule has 0 heterocycles. The Morgan fingerprint density at radius 2 is 1.81 bits per heavy atom. The minimum Gasteiger partial charge on any atom is -0.497 e. The number of non-ortho nitro benzene ring substituents is 1. The van der Waals surface area contributed by atoms with Gasteiger partial charge >= 0.3 is 0 Å². The molecule has 3 rings (SSSR count). The van der Waals surface area contributed by atoms with Crippen LogP contribution >= 0.6 is 0 Å². The monoisotopic (exact) mass is 483 g/mol. The van der Waals surface area contributed by atoms with Gasteiger partial charge in [-0.3, -0.25) is 14.9 Å². The Kier molecular flexibility index (Phi) is 8.95. The number of nitro benzene ring substituents is 1. The molecule has 0 atom stereocenters. The van der Waals surface area contributed by atoms with Crippen LogP contribution in [-0.4, -0.2) is 17.9 Å². The summed E-state index contributed by atoms with van der Waals surface area (Å²) in [6, 6.07) is 20.7. The maximum Gasteiger partial charge on any atom is 0.269 e. The highest BCUT2D eigenvalue weighted by molar-refractivity contribution is 6.01. The second kappa shape index (κ2) is 12.5. The lowest BCUT2D eigenvalue weighted by Crippen LogP contribution is -2.23. The van der Waals surface area contributed by atoms with E-state index in [0.29, 0.717) is 17.7 Å². The molecule has 0 aliphatic heterocycles. The van der Waals surface area contributed by atoms with Crippen molar-refractivity contribution in [3.05, 3.63) is 117 Å². The summed E-state index contributed by atoms with van der Waals surface area (Å²) in [4.78, 5) is 22.9. The van der Waals surface area contributed by atoms with Gasteiger partial charge in [-0.1, -0.05) is 24.3 Å². The van der Waals surface area contributed by atoms with Crippen molar-refractivity contribution in [2.24, 2.45) is 0 Å². The van der Waals surface area contributed by atoms with Gasteiger partial charge < -0.3 is 14.8 Å². The van der Waals surface area contributed by atoms with Crippen molar-refractivity contribution in [2.45, 2.75) is 19.6 Å². The van der Waals surface area contributed by atoms with Crippen molar-refractivity contribution < 1.29 is 19.2 Å². The van der Waals surface area contributed by atoms with Crippen LogP contribution in [0.15, 0.2) is 85.0 Å². The maximum atomic E-state index is 12.6. The van der Waals surface area contributed by atoms with Gasteiger partial charge in [0.05, 0.1) is 12.0 Å². The number of carbonyl (C=O) groups is 1. The Labute approximate surface area is 209 Å². The molecule has 0 unspecified atom stereocenters. The number of amides is 1. The van der Waals surface area contributed by atoms with Crippen molar-refractivity contribution in [2.75, 3.05) is 7.11 Å². The fraction of sp³-hybridized carbons (Fsp3) is 0.143. The molecule has 0 fully saturated rings. The van der Waals surface area contributed by atoms with Crippen LogP contribution in [0.2, 0.25) is 0 Å². The SMILES string of the molecule is C=CCc1cc(/C=C(/C#N)C(=O)NCc2ccc(OC)cc2)ccc1OCc1ccc([N+](=O)[O-])cc1. The van der Waals surface area contributed by atoms with Crippen LogP contribution in [0.1, 0.15) is 22.3 Å². The van der Waals surface area contributed by atoms with Gasteiger partial charge in [0.25, 0.3) is 11.6 Å². The molecule has 3 aromatic rings. The molecule has 0 aliphatic rings. The molecule has 0 spiro atoms. The number of hydrogen-bond donors (Lipinski definition) is 1.